The Morgan fingerprint density at radius 2 is 1.91 bits per heavy atom. The zero-order valence-corrected chi connectivity index (χ0v) is 19.3. The van der Waals surface area contributed by atoms with Crippen LogP contribution < -0.4 is 11.4 Å². The average molecular weight is 556 g/mol. The van der Waals surface area contributed by atoms with Gasteiger partial charge in [-0.05, 0) is 6.92 Å². The molecule has 1 fully saturated rings. The quantitative estimate of drug-likeness (QED) is 0.164. The fraction of sp³-hybridized carbons (Fsp3) is 0.583. The van der Waals surface area contributed by atoms with E-state index in [-0.39, 0.29) is 0 Å². The maximum Gasteiger partial charge on any atom is 0.490 e. The number of alkyl halides is 2. The Hall–Kier alpha value is -1.64. The van der Waals surface area contributed by atoms with E-state index in [9.17, 15) is 37.8 Å². The van der Waals surface area contributed by atoms with E-state index in [1.165, 1.54) is 0 Å². The van der Waals surface area contributed by atoms with Gasteiger partial charge in [0.2, 0.25) is 11.6 Å². The van der Waals surface area contributed by atoms with Gasteiger partial charge in [-0.25, -0.2) is 32.3 Å². The van der Waals surface area contributed by atoms with Gasteiger partial charge in [0, 0.05) is 0 Å². The molecule has 2 heterocycles. The van der Waals surface area contributed by atoms with E-state index in [0.717, 1.165) is 6.92 Å². The van der Waals surface area contributed by atoms with E-state index >= 15 is 4.39 Å². The van der Waals surface area contributed by atoms with Crippen LogP contribution in [0.5, 0.6) is 0 Å². The minimum absolute atomic E-state index is 0.393. The largest absolute Gasteiger partial charge is 0.490 e. The molecule has 1 aromatic rings. The zero-order valence-electron chi connectivity index (χ0n) is 16.6. The van der Waals surface area contributed by atoms with Crippen LogP contribution >= 0.6 is 23.5 Å². The number of phosphoric acid groups is 3. The van der Waals surface area contributed by atoms with Crippen LogP contribution in [0.3, 0.4) is 0 Å². The first-order chi connectivity index (χ1) is 15.4. The number of nitrogen functional groups attached to an aromatic ring is 1. The summed E-state index contributed by atoms with van der Waals surface area (Å²) < 4.78 is 79.5. The molecular weight excluding hydrogens is 539 g/mol. The lowest BCUT2D eigenvalue weighted by Crippen LogP contribution is -2.46. The van der Waals surface area contributed by atoms with Crippen molar-refractivity contribution in [1.82, 2.24) is 14.5 Å². The SMILES string of the molecule is C[C@@H](OP(=O)(O)OP(=O)(O)OP(=O)(O)O)[C@H]1O[C@@H](n2cnc(N)nc2=O)C(F)(C#CCF)[C@H]1O. The number of aliphatic hydroxyl groups excluding tert-OH is 1. The molecule has 192 valence electrons. The highest BCUT2D eigenvalue weighted by molar-refractivity contribution is 7.66. The van der Waals surface area contributed by atoms with Gasteiger partial charge < -0.3 is 35.2 Å². The fourth-order valence-electron chi connectivity index (χ4n) is 2.73. The number of nitrogens with zero attached hydrogens (tertiary/aromatic N) is 3. The normalized spacial score (nSPS) is 29.5. The molecule has 3 unspecified atom stereocenters. The molecule has 0 amide bonds. The molecule has 1 aliphatic rings. The van der Waals surface area contributed by atoms with Gasteiger partial charge in [0.1, 0.15) is 25.2 Å². The van der Waals surface area contributed by atoms with Crippen molar-refractivity contribution in [3.63, 3.8) is 0 Å². The molecular formula is C12H17F2N4O13P3. The Balaban J connectivity index is 2.34. The molecule has 0 radical (unpaired) electrons. The van der Waals surface area contributed by atoms with Crippen LogP contribution in [0.2, 0.25) is 0 Å². The zero-order chi connectivity index (χ0) is 26.1. The minimum Gasteiger partial charge on any atom is -0.386 e. The van der Waals surface area contributed by atoms with Crippen LogP contribution in [0.25, 0.3) is 0 Å². The number of hydrogen-bond donors (Lipinski definition) is 6. The molecule has 1 aromatic heterocycles. The third kappa shape index (κ3) is 6.95. The smallest absolute Gasteiger partial charge is 0.386 e. The molecule has 34 heavy (non-hydrogen) atoms. The van der Waals surface area contributed by atoms with Crippen LogP contribution in [0.4, 0.5) is 14.7 Å². The molecule has 0 aromatic carbocycles. The molecule has 0 saturated carbocycles. The second-order valence-corrected chi connectivity index (χ2v) is 10.8. The van der Waals surface area contributed by atoms with Crippen molar-refractivity contribution in [3.05, 3.63) is 16.8 Å². The number of rotatable bonds is 8. The standard InChI is InChI=1S/C12H17F2N4O13P3/c1-6(29-33(24,25)31-34(26,27)30-32(21,22)23)7-8(19)12(14,3-2-4-13)9(28-7)18-5-16-10(15)17-11(18)20/h5-9,19H,4H2,1H3,(H,24,25)(H,26,27)(H2,15,17,20)(H2,21,22,23)/t6-,7-,8+,9-,12?/m1/s1. The lowest BCUT2D eigenvalue weighted by molar-refractivity contribution is -0.0784. The third-order valence-corrected chi connectivity index (χ3v) is 7.84. The van der Waals surface area contributed by atoms with Gasteiger partial charge in [-0.2, -0.15) is 13.6 Å². The first-order valence-electron chi connectivity index (χ1n) is 8.52. The second kappa shape index (κ2) is 10.2. The van der Waals surface area contributed by atoms with Crippen molar-refractivity contribution in [2.45, 2.75) is 37.1 Å². The Morgan fingerprint density at radius 3 is 2.44 bits per heavy atom. The summed E-state index contributed by atoms with van der Waals surface area (Å²) in [5, 5.41) is 10.4. The maximum absolute atomic E-state index is 15.7. The topological polar surface area (TPSA) is 263 Å². The lowest BCUT2D eigenvalue weighted by atomic mass is 9.94. The summed E-state index contributed by atoms with van der Waals surface area (Å²) in [6.45, 7) is -0.500. The van der Waals surface area contributed by atoms with Gasteiger partial charge in [0.05, 0.1) is 6.10 Å². The third-order valence-electron chi connectivity index (χ3n) is 3.91. The first kappa shape index (κ1) is 28.6. The molecule has 7 N–H and O–H groups in total. The van der Waals surface area contributed by atoms with E-state index < -0.39 is 72.0 Å². The molecule has 17 nitrogen and oxygen atoms in total. The van der Waals surface area contributed by atoms with Crippen molar-refractivity contribution in [3.8, 4) is 11.8 Å². The summed E-state index contributed by atoms with van der Waals surface area (Å²) in [6, 6.07) is 0. The van der Waals surface area contributed by atoms with Crippen molar-refractivity contribution in [2.24, 2.45) is 0 Å². The summed E-state index contributed by atoms with van der Waals surface area (Å²) in [5.41, 5.74) is 0.774. The van der Waals surface area contributed by atoms with E-state index in [1.54, 1.807) is 11.8 Å². The first-order valence-corrected chi connectivity index (χ1v) is 13.0. The van der Waals surface area contributed by atoms with Crippen LogP contribution in [-0.2, 0) is 31.6 Å². The van der Waals surface area contributed by atoms with E-state index in [0.29, 0.717) is 10.9 Å². The minimum atomic E-state index is -5.87. The summed E-state index contributed by atoms with van der Waals surface area (Å²) >= 11 is 0. The summed E-state index contributed by atoms with van der Waals surface area (Å²) in [4.78, 5) is 54.7. The van der Waals surface area contributed by atoms with Gasteiger partial charge in [0.15, 0.2) is 6.23 Å². The van der Waals surface area contributed by atoms with Crippen molar-refractivity contribution >= 4 is 29.4 Å². The molecule has 7 atom stereocenters. The lowest BCUT2D eigenvalue weighted by Gasteiger charge is -2.25. The van der Waals surface area contributed by atoms with Gasteiger partial charge >= 0.3 is 29.2 Å². The second-order valence-electron chi connectivity index (χ2n) is 6.41. The number of phosphoric ester groups is 1. The maximum atomic E-state index is 15.7. The summed E-state index contributed by atoms with van der Waals surface area (Å²) in [5.74, 6) is 2.94. The van der Waals surface area contributed by atoms with E-state index in [4.69, 9.17) is 20.3 Å². The Kier molecular flexibility index (Phi) is 8.54. The number of hydrogen-bond acceptors (Lipinski definition) is 12. The van der Waals surface area contributed by atoms with Crippen molar-refractivity contribution in [1.29, 1.82) is 0 Å². The molecule has 1 aliphatic heterocycles. The fourth-order valence-corrected chi connectivity index (χ4v) is 5.93. The molecule has 0 spiro atoms. The van der Waals surface area contributed by atoms with Crippen LogP contribution in [0.15, 0.2) is 11.1 Å². The predicted molar refractivity (Wildman–Crippen MR) is 103 cm³/mol. The monoisotopic (exact) mass is 556 g/mol. The number of nitrogens with two attached hydrogens (primary N) is 1. The Morgan fingerprint density at radius 1 is 1.29 bits per heavy atom. The average Bonchev–Trinajstić information content (AvgIpc) is 2.88. The van der Waals surface area contributed by atoms with Gasteiger partial charge in [-0.15, -0.1) is 0 Å². The number of aliphatic hydroxyl groups is 1. The predicted octanol–water partition coefficient (Wildman–Crippen LogP) is -1.11. The number of ether oxygens (including phenoxy) is 1. The number of halogens is 2. The van der Waals surface area contributed by atoms with Crippen molar-refractivity contribution < 1.29 is 65.0 Å². The molecule has 0 bridgehead atoms. The molecule has 1 saturated heterocycles. The van der Waals surface area contributed by atoms with Crippen LogP contribution in [0, 0.1) is 11.8 Å². The number of aromatic nitrogens is 3. The highest BCUT2D eigenvalue weighted by Crippen LogP contribution is 2.66. The Labute approximate surface area is 187 Å². The van der Waals surface area contributed by atoms with E-state index in [1.807, 2.05) is 0 Å². The molecule has 22 heteroatoms. The van der Waals surface area contributed by atoms with Crippen molar-refractivity contribution in [2.75, 3.05) is 12.4 Å². The van der Waals surface area contributed by atoms with Crippen LogP contribution in [-0.4, -0.2) is 69.9 Å². The Bertz CT molecular complexity index is 1180. The molecule has 2 rings (SSSR count). The number of anilines is 1. The summed E-state index contributed by atoms with van der Waals surface area (Å²) in [6.07, 6.45) is -7.77. The van der Waals surface area contributed by atoms with Crippen LogP contribution in [0.1, 0.15) is 13.2 Å². The summed E-state index contributed by atoms with van der Waals surface area (Å²) in [7, 11) is -17.2. The highest BCUT2D eigenvalue weighted by atomic mass is 31.3. The van der Waals surface area contributed by atoms with Gasteiger partial charge in [0.25, 0.3) is 0 Å². The molecule has 0 aliphatic carbocycles. The highest BCUT2D eigenvalue weighted by Gasteiger charge is 2.60. The van der Waals surface area contributed by atoms with Gasteiger partial charge in [-0.1, -0.05) is 11.8 Å². The van der Waals surface area contributed by atoms with Gasteiger partial charge in [-0.3, -0.25) is 9.09 Å². The van der Waals surface area contributed by atoms with E-state index in [2.05, 4.69) is 23.1 Å².